The van der Waals surface area contributed by atoms with Crippen LogP contribution in [0.15, 0.2) is 47.4 Å². The summed E-state index contributed by atoms with van der Waals surface area (Å²) in [6.45, 7) is 1.54. The minimum Gasteiger partial charge on any atom is -0.433 e. The second-order valence-corrected chi connectivity index (χ2v) is 8.98. The summed E-state index contributed by atoms with van der Waals surface area (Å²) in [5.74, 6) is -0.602. The Labute approximate surface area is 161 Å². The van der Waals surface area contributed by atoms with E-state index in [0.717, 1.165) is 11.6 Å². The first kappa shape index (κ1) is 20.5. The molecule has 0 radical (unpaired) electrons. The van der Waals surface area contributed by atoms with Gasteiger partial charge < -0.3 is 10.1 Å². The first-order chi connectivity index (χ1) is 13.0. The van der Waals surface area contributed by atoms with E-state index in [9.17, 15) is 21.6 Å². The number of sulfonamides is 1. The minimum atomic E-state index is -3.75. The van der Waals surface area contributed by atoms with Crippen LogP contribution in [0.25, 0.3) is 0 Å². The summed E-state index contributed by atoms with van der Waals surface area (Å²) in [5, 5.41) is 8.18. The van der Waals surface area contributed by atoms with Crippen molar-refractivity contribution in [3.8, 4) is 5.75 Å². The molecule has 0 bridgehead atoms. The van der Waals surface area contributed by atoms with Crippen LogP contribution in [-0.2, 0) is 10.0 Å². The van der Waals surface area contributed by atoms with Crippen LogP contribution in [0.1, 0.15) is 25.3 Å². The van der Waals surface area contributed by atoms with Gasteiger partial charge in [-0.3, -0.25) is 0 Å². The van der Waals surface area contributed by atoms with Gasteiger partial charge in [0.2, 0.25) is 10.0 Å². The molecule has 3 N–H and O–H groups in total. The van der Waals surface area contributed by atoms with Crippen molar-refractivity contribution in [2.24, 2.45) is 16.5 Å². The van der Waals surface area contributed by atoms with E-state index in [-0.39, 0.29) is 33.6 Å². The Morgan fingerprint density at radius 2 is 1.82 bits per heavy atom. The minimum absolute atomic E-state index is 0.0458. The zero-order chi connectivity index (χ0) is 20.7. The number of halogens is 3. The normalized spacial score (nSPS) is 20.8. The third-order valence-electron chi connectivity index (χ3n) is 5.29. The van der Waals surface area contributed by atoms with Crippen LogP contribution in [0.2, 0.25) is 0 Å². The van der Waals surface area contributed by atoms with E-state index in [1.54, 1.807) is 12.1 Å². The summed E-state index contributed by atoms with van der Waals surface area (Å²) in [4.78, 5) is 0.0458. The maximum Gasteiger partial charge on any atom is 0.387 e. The SMILES string of the molecule is CC1(C)[C@H](CNc2ccc(F)cc2OC(F)F)[C@H]1c1ccc(S(N)(=O)=O)cc1. The number of benzene rings is 2. The Morgan fingerprint density at radius 1 is 1.18 bits per heavy atom. The van der Waals surface area contributed by atoms with Gasteiger partial charge in [0.25, 0.3) is 0 Å². The molecule has 0 saturated heterocycles. The van der Waals surface area contributed by atoms with Crippen LogP contribution in [0.4, 0.5) is 18.9 Å². The first-order valence-electron chi connectivity index (χ1n) is 8.61. The van der Waals surface area contributed by atoms with Crippen LogP contribution in [0.3, 0.4) is 0 Å². The van der Waals surface area contributed by atoms with Crippen molar-refractivity contribution in [2.75, 3.05) is 11.9 Å². The molecule has 0 unspecified atom stereocenters. The molecular formula is C19H21F3N2O3S. The Balaban J connectivity index is 1.72. The van der Waals surface area contributed by atoms with E-state index in [1.807, 2.05) is 0 Å². The van der Waals surface area contributed by atoms with Crippen LogP contribution >= 0.6 is 0 Å². The Kier molecular flexibility index (Phi) is 5.33. The molecule has 0 spiro atoms. The molecule has 0 heterocycles. The number of rotatable bonds is 7. The molecule has 0 aliphatic heterocycles. The van der Waals surface area contributed by atoms with Gasteiger partial charge in [-0.05, 0) is 47.1 Å². The van der Waals surface area contributed by atoms with E-state index in [1.165, 1.54) is 24.3 Å². The van der Waals surface area contributed by atoms with Gasteiger partial charge in [0.1, 0.15) is 5.82 Å². The van der Waals surface area contributed by atoms with E-state index in [0.29, 0.717) is 6.54 Å². The van der Waals surface area contributed by atoms with Crippen molar-refractivity contribution in [3.63, 3.8) is 0 Å². The molecule has 1 saturated carbocycles. The van der Waals surface area contributed by atoms with Gasteiger partial charge in [0.05, 0.1) is 10.6 Å². The molecule has 152 valence electrons. The van der Waals surface area contributed by atoms with Crippen molar-refractivity contribution in [1.82, 2.24) is 0 Å². The average molecular weight is 414 g/mol. The molecule has 5 nitrogen and oxygen atoms in total. The predicted molar refractivity (Wildman–Crippen MR) is 99.3 cm³/mol. The Bertz CT molecular complexity index is 963. The van der Waals surface area contributed by atoms with E-state index >= 15 is 0 Å². The number of primary sulfonamides is 1. The number of nitrogens with two attached hydrogens (primary N) is 1. The van der Waals surface area contributed by atoms with Gasteiger partial charge >= 0.3 is 6.61 Å². The summed E-state index contributed by atoms with van der Waals surface area (Å²) in [5.41, 5.74) is 1.17. The lowest BCUT2D eigenvalue weighted by Gasteiger charge is -2.13. The highest BCUT2D eigenvalue weighted by atomic mass is 32.2. The van der Waals surface area contributed by atoms with Crippen molar-refractivity contribution in [3.05, 3.63) is 53.8 Å². The smallest absolute Gasteiger partial charge is 0.387 e. The number of ether oxygens (including phenoxy) is 1. The lowest BCUT2D eigenvalue weighted by Crippen LogP contribution is -2.12. The fourth-order valence-corrected chi connectivity index (χ4v) is 4.22. The van der Waals surface area contributed by atoms with Gasteiger partial charge in [-0.15, -0.1) is 0 Å². The fourth-order valence-electron chi connectivity index (χ4n) is 3.71. The highest BCUT2D eigenvalue weighted by molar-refractivity contribution is 7.89. The molecule has 3 rings (SSSR count). The molecule has 2 aromatic rings. The number of nitrogens with one attached hydrogen (secondary N) is 1. The van der Waals surface area contributed by atoms with Crippen LogP contribution in [-0.4, -0.2) is 21.6 Å². The number of alkyl halides is 2. The molecule has 0 amide bonds. The zero-order valence-corrected chi connectivity index (χ0v) is 16.1. The highest BCUT2D eigenvalue weighted by Gasteiger charge is 2.57. The summed E-state index contributed by atoms with van der Waals surface area (Å²) in [6.07, 6.45) is 0. The van der Waals surface area contributed by atoms with Gasteiger partial charge in [-0.1, -0.05) is 26.0 Å². The summed E-state index contributed by atoms with van der Waals surface area (Å²) < 4.78 is 65.6. The second kappa shape index (κ2) is 7.29. The van der Waals surface area contributed by atoms with Crippen LogP contribution < -0.4 is 15.2 Å². The van der Waals surface area contributed by atoms with Crippen molar-refractivity contribution in [2.45, 2.75) is 31.3 Å². The van der Waals surface area contributed by atoms with Crippen molar-refractivity contribution < 1.29 is 26.3 Å². The number of hydrogen-bond donors (Lipinski definition) is 2. The molecule has 1 fully saturated rings. The van der Waals surface area contributed by atoms with E-state index < -0.39 is 22.5 Å². The lowest BCUT2D eigenvalue weighted by atomic mass is 10.0. The van der Waals surface area contributed by atoms with Gasteiger partial charge in [-0.2, -0.15) is 8.78 Å². The summed E-state index contributed by atoms with van der Waals surface area (Å²) >= 11 is 0. The van der Waals surface area contributed by atoms with Gasteiger partial charge in [0.15, 0.2) is 5.75 Å². The maximum absolute atomic E-state index is 13.3. The fraction of sp³-hybridized carbons (Fsp3) is 0.368. The Morgan fingerprint density at radius 3 is 2.39 bits per heavy atom. The predicted octanol–water partition coefficient (Wildman–Crippen LogP) is 3.93. The van der Waals surface area contributed by atoms with Gasteiger partial charge in [0, 0.05) is 12.6 Å². The third kappa shape index (κ3) is 4.25. The maximum atomic E-state index is 13.3. The third-order valence-corrected chi connectivity index (χ3v) is 6.22. The lowest BCUT2D eigenvalue weighted by molar-refractivity contribution is -0.0495. The standard InChI is InChI=1S/C19H21F3N2O3S/c1-19(2)14(17(19)11-3-6-13(7-4-11)28(23,25)26)10-24-15-8-5-12(20)9-16(15)27-18(21)22/h3-9,14,17-18,24H,10H2,1-2H3,(H2,23,25,26)/t14-,17-/m1/s1. The molecule has 1 aliphatic rings. The van der Waals surface area contributed by atoms with Crippen LogP contribution in [0.5, 0.6) is 5.75 Å². The van der Waals surface area contributed by atoms with E-state index in [2.05, 4.69) is 23.9 Å². The monoisotopic (exact) mass is 414 g/mol. The summed E-state index contributed by atoms with van der Waals surface area (Å²) in [6, 6.07) is 9.84. The quantitative estimate of drug-likeness (QED) is 0.719. The molecule has 1 aliphatic carbocycles. The molecule has 2 atom stereocenters. The molecule has 28 heavy (non-hydrogen) atoms. The van der Waals surface area contributed by atoms with Crippen LogP contribution in [0, 0.1) is 17.2 Å². The Hall–Kier alpha value is -2.26. The summed E-state index contributed by atoms with van der Waals surface area (Å²) in [7, 11) is -3.75. The molecular weight excluding hydrogens is 393 g/mol. The second-order valence-electron chi connectivity index (χ2n) is 7.42. The topological polar surface area (TPSA) is 81.4 Å². The van der Waals surface area contributed by atoms with Gasteiger partial charge in [-0.25, -0.2) is 17.9 Å². The number of hydrogen-bond acceptors (Lipinski definition) is 4. The average Bonchev–Trinajstić information content (AvgIpc) is 3.13. The number of anilines is 1. The van der Waals surface area contributed by atoms with Crippen molar-refractivity contribution in [1.29, 1.82) is 0 Å². The van der Waals surface area contributed by atoms with Crippen molar-refractivity contribution >= 4 is 15.7 Å². The molecule has 2 aromatic carbocycles. The first-order valence-corrected chi connectivity index (χ1v) is 10.2. The zero-order valence-electron chi connectivity index (χ0n) is 15.3. The molecule has 0 aromatic heterocycles. The molecule has 9 heteroatoms. The highest BCUT2D eigenvalue weighted by Crippen LogP contribution is 2.64. The largest absolute Gasteiger partial charge is 0.433 e. The van der Waals surface area contributed by atoms with E-state index in [4.69, 9.17) is 5.14 Å².